The minimum Gasteiger partial charge on any atom is -0.388 e. The number of nitrogens with two attached hydrogens (primary N) is 1. The van der Waals surface area contributed by atoms with E-state index in [2.05, 4.69) is 0 Å². The number of aliphatic hydroxyl groups excluding tert-OH is 1. The Kier molecular flexibility index (Phi) is 3.91. The lowest BCUT2D eigenvalue weighted by atomic mass is 10.2. The van der Waals surface area contributed by atoms with E-state index in [0.29, 0.717) is 0 Å². The molecule has 0 bridgehead atoms. The molecule has 0 radical (unpaired) electrons. The molecule has 1 aliphatic rings. The predicted octanol–water partition coefficient (Wildman–Crippen LogP) is 0.213. The number of hydrogen-bond acceptors (Lipinski definition) is 3. The van der Waals surface area contributed by atoms with Crippen LogP contribution in [0, 0.1) is 0 Å². The van der Waals surface area contributed by atoms with Crippen molar-refractivity contribution in [3.8, 4) is 0 Å². The van der Waals surface area contributed by atoms with Crippen molar-refractivity contribution < 1.29 is 14.2 Å². The first-order valence-electron chi connectivity index (χ1n) is 4.35. The molecule has 1 aliphatic carbocycles. The summed E-state index contributed by atoms with van der Waals surface area (Å²) in [7, 11) is 0. The summed E-state index contributed by atoms with van der Waals surface area (Å²) in [5, 5.41) is 8.86. The second-order valence-corrected chi connectivity index (χ2v) is 3.27. The van der Waals surface area contributed by atoms with Gasteiger partial charge in [-0.2, -0.15) is 0 Å². The minimum absolute atomic E-state index is 0.0196. The Labute approximate surface area is 71.7 Å². The third-order valence-corrected chi connectivity index (χ3v) is 2.18. The summed E-state index contributed by atoms with van der Waals surface area (Å²) in [5.41, 5.74) is 5.71. The lowest BCUT2D eigenvalue weighted by molar-refractivity contribution is -0.0194. The van der Waals surface area contributed by atoms with Crippen molar-refractivity contribution in [3.63, 3.8) is 0 Å². The van der Waals surface area contributed by atoms with Crippen LogP contribution in [-0.2, 0) is 4.74 Å². The van der Waals surface area contributed by atoms with E-state index in [1.54, 1.807) is 0 Å². The standard InChI is InChI=1S/C8H16FNO2/c9-4-6(11)5-12-8-3-1-2-7(8)10/h6-8,11H,1-5,10H2/t6?,7-,8-/m1/s1. The molecule has 0 aromatic heterocycles. The summed E-state index contributed by atoms with van der Waals surface area (Å²) in [5.74, 6) is 0. The fourth-order valence-electron chi connectivity index (χ4n) is 1.44. The van der Waals surface area contributed by atoms with Gasteiger partial charge in [-0.25, -0.2) is 4.39 Å². The zero-order valence-electron chi connectivity index (χ0n) is 7.08. The molecular formula is C8H16FNO2. The van der Waals surface area contributed by atoms with Crippen molar-refractivity contribution in [2.24, 2.45) is 5.73 Å². The van der Waals surface area contributed by atoms with Crippen LogP contribution >= 0.6 is 0 Å². The summed E-state index contributed by atoms with van der Waals surface area (Å²) in [4.78, 5) is 0. The van der Waals surface area contributed by atoms with Crippen LogP contribution in [-0.4, -0.2) is 36.6 Å². The Morgan fingerprint density at radius 3 is 2.83 bits per heavy atom. The van der Waals surface area contributed by atoms with Gasteiger partial charge in [-0.15, -0.1) is 0 Å². The highest BCUT2D eigenvalue weighted by molar-refractivity contribution is 4.81. The number of aliphatic hydroxyl groups is 1. The molecule has 0 saturated heterocycles. The lowest BCUT2D eigenvalue weighted by Crippen LogP contribution is -2.34. The number of halogens is 1. The summed E-state index contributed by atoms with van der Waals surface area (Å²) >= 11 is 0. The van der Waals surface area contributed by atoms with Gasteiger partial charge in [0, 0.05) is 6.04 Å². The largest absolute Gasteiger partial charge is 0.388 e. The first-order valence-corrected chi connectivity index (χ1v) is 4.35. The summed E-state index contributed by atoms with van der Waals surface area (Å²) < 4.78 is 17.0. The van der Waals surface area contributed by atoms with E-state index in [1.165, 1.54) is 0 Å². The Balaban J connectivity index is 2.13. The smallest absolute Gasteiger partial charge is 0.118 e. The zero-order chi connectivity index (χ0) is 8.97. The third-order valence-electron chi connectivity index (χ3n) is 2.18. The van der Waals surface area contributed by atoms with E-state index in [9.17, 15) is 4.39 Å². The van der Waals surface area contributed by atoms with Crippen LogP contribution in [0.1, 0.15) is 19.3 Å². The molecule has 0 aliphatic heterocycles. The maximum absolute atomic E-state index is 11.8. The molecule has 0 aromatic rings. The number of alkyl halides is 1. The van der Waals surface area contributed by atoms with Crippen molar-refractivity contribution in [3.05, 3.63) is 0 Å². The van der Waals surface area contributed by atoms with Gasteiger partial charge in [0.2, 0.25) is 0 Å². The minimum atomic E-state index is -0.988. The van der Waals surface area contributed by atoms with E-state index in [-0.39, 0.29) is 18.8 Å². The van der Waals surface area contributed by atoms with Crippen LogP contribution in [0.3, 0.4) is 0 Å². The molecule has 0 amide bonds. The van der Waals surface area contributed by atoms with Crippen LogP contribution in [0.15, 0.2) is 0 Å². The van der Waals surface area contributed by atoms with E-state index < -0.39 is 12.8 Å². The van der Waals surface area contributed by atoms with Gasteiger partial charge in [0.25, 0.3) is 0 Å². The Morgan fingerprint density at radius 1 is 1.58 bits per heavy atom. The van der Waals surface area contributed by atoms with E-state index in [4.69, 9.17) is 15.6 Å². The first kappa shape index (κ1) is 9.89. The van der Waals surface area contributed by atoms with Crippen LogP contribution in [0.2, 0.25) is 0 Å². The second-order valence-electron chi connectivity index (χ2n) is 3.27. The SMILES string of the molecule is N[C@@H]1CCC[C@H]1OCC(O)CF. The molecule has 1 rings (SSSR count). The fraction of sp³-hybridized carbons (Fsp3) is 1.00. The molecule has 3 nitrogen and oxygen atoms in total. The number of ether oxygens (including phenoxy) is 1. The Bertz CT molecular complexity index is 134. The van der Waals surface area contributed by atoms with Gasteiger partial charge < -0.3 is 15.6 Å². The van der Waals surface area contributed by atoms with Crippen molar-refractivity contribution in [1.82, 2.24) is 0 Å². The highest BCUT2D eigenvalue weighted by atomic mass is 19.1. The molecule has 1 saturated carbocycles. The van der Waals surface area contributed by atoms with Gasteiger partial charge in [0.1, 0.15) is 12.8 Å². The van der Waals surface area contributed by atoms with Crippen molar-refractivity contribution in [2.75, 3.05) is 13.3 Å². The topological polar surface area (TPSA) is 55.5 Å². The normalized spacial score (nSPS) is 32.2. The highest BCUT2D eigenvalue weighted by Gasteiger charge is 2.24. The lowest BCUT2D eigenvalue weighted by Gasteiger charge is -2.17. The fourth-order valence-corrected chi connectivity index (χ4v) is 1.44. The van der Waals surface area contributed by atoms with Crippen LogP contribution in [0.4, 0.5) is 4.39 Å². The van der Waals surface area contributed by atoms with Crippen LogP contribution in [0.25, 0.3) is 0 Å². The Hall–Kier alpha value is -0.190. The summed E-state index contributed by atoms with van der Waals surface area (Å²) in [6, 6.07) is 0.0665. The van der Waals surface area contributed by atoms with Gasteiger partial charge in [-0.1, -0.05) is 0 Å². The maximum Gasteiger partial charge on any atom is 0.118 e. The molecule has 12 heavy (non-hydrogen) atoms. The van der Waals surface area contributed by atoms with Gasteiger partial charge in [0.15, 0.2) is 0 Å². The van der Waals surface area contributed by atoms with Gasteiger partial charge in [-0.05, 0) is 19.3 Å². The summed E-state index contributed by atoms with van der Waals surface area (Å²) in [6.45, 7) is -0.684. The molecular weight excluding hydrogens is 161 g/mol. The predicted molar refractivity (Wildman–Crippen MR) is 43.5 cm³/mol. The molecule has 0 heterocycles. The zero-order valence-corrected chi connectivity index (χ0v) is 7.08. The second kappa shape index (κ2) is 4.74. The Morgan fingerprint density at radius 2 is 2.33 bits per heavy atom. The van der Waals surface area contributed by atoms with Gasteiger partial charge in [0.05, 0.1) is 12.7 Å². The molecule has 3 N–H and O–H groups in total. The number of rotatable bonds is 4. The van der Waals surface area contributed by atoms with Crippen molar-refractivity contribution >= 4 is 0 Å². The van der Waals surface area contributed by atoms with Crippen LogP contribution in [0.5, 0.6) is 0 Å². The van der Waals surface area contributed by atoms with Crippen molar-refractivity contribution in [1.29, 1.82) is 0 Å². The molecule has 1 unspecified atom stereocenters. The molecule has 0 spiro atoms. The van der Waals surface area contributed by atoms with Crippen molar-refractivity contribution in [2.45, 2.75) is 37.5 Å². The molecule has 3 atom stereocenters. The number of hydrogen-bond donors (Lipinski definition) is 2. The van der Waals surface area contributed by atoms with Gasteiger partial charge in [-0.3, -0.25) is 0 Å². The molecule has 4 heteroatoms. The maximum atomic E-state index is 11.8. The third kappa shape index (κ3) is 2.69. The average molecular weight is 177 g/mol. The summed E-state index contributed by atoms with van der Waals surface area (Å²) in [6.07, 6.45) is 2.00. The first-order chi connectivity index (χ1) is 5.74. The van der Waals surface area contributed by atoms with E-state index >= 15 is 0 Å². The molecule has 72 valence electrons. The monoisotopic (exact) mass is 177 g/mol. The quantitative estimate of drug-likeness (QED) is 0.645. The highest BCUT2D eigenvalue weighted by Crippen LogP contribution is 2.20. The van der Waals surface area contributed by atoms with E-state index in [1.807, 2.05) is 0 Å². The molecule has 1 fully saturated rings. The van der Waals surface area contributed by atoms with E-state index in [0.717, 1.165) is 19.3 Å². The van der Waals surface area contributed by atoms with Gasteiger partial charge >= 0.3 is 0 Å². The average Bonchev–Trinajstić information content (AvgIpc) is 2.47. The van der Waals surface area contributed by atoms with Crippen LogP contribution < -0.4 is 5.73 Å². The molecule has 0 aromatic carbocycles.